The molecule has 0 amide bonds. The van der Waals surface area contributed by atoms with Crippen molar-refractivity contribution in [3.63, 3.8) is 0 Å². The van der Waals surface area contributed by atoms with Gasteiger partial charge in [-0.1, -0.05) is 0 Å². The van der Waals surface area contributed by atoms with Crippen LogP contribution in [0.5, 0.6) is 0 Å². The van der Waals surface area contributed by atoms with Crippen molar-refractivity contribution in [1.29, 1.82) is 0 Å². The van der Waals surface area contributed by atoms with Crippen LogP contribution in [-0.2, 0) is 11.3 Å². The second-order valence-electron chi connectivity index (χ2n) is 4.01. The number of ether oxygens (including phenoxy) is 1. The molecule has 2 aromatic heterocycles. The van der Waals surface area contributed by atoms with Crippen LogP contribution in [0.4, 0.5) is 0 Å². The molecule has 1 aliphatic heterocycles. The van der Waals surface area contributed by atoms with Crippen LogP contribution in [-0.4, -0.2) is 30.0 Å². The zero-order valence-electron chi connectivity index (χ0n) is 9.27. The molecule has 0 unspecified atom stereocenters. The van der Waals surface area contributed by atoms with E-state index in [4.69, 9.17) is 4.74 Å². The summed E-state index contributed by atoms with van der Waals surface area (Å²) in [5.41, 5.74) is 2.35. The summed E-state index contributed by atoms with van der Waals surface area (Å²) in [4.78, 5) is 0. The summed E-state index contributed by atoms with van der Waals surface area (Å²) in [5, 5.41) is 9.91. The van der Waals surface area contributed by atoms with Gasteiger partial charge in [0, 0.05) is 19.7 Å². The van der Waals surface area contributed by atoms with Gasteiger partial charge in [-0.15, -0.1) is 11.3 Å². The minimum atomic E-state index is 0.135. The summed E-state index contributed by atoms with van der Waals surface area (Å²) in [5.74, 6) is 0. The lowest BCUT2D eigenvalue weighted by atomic mass is 10.2. The van der Waals surface area contributed by atoms with Crippen LogP contribution >= 0.6 is 11.3 Å². The van der Waals surface area contributed by atoms with Crippen molar-refractivity contribution in [2.24, 2.45) is 0 Å². The maximum atomic E-state index is 5.89. The molecular formula is C11H15N3OS. The van der Waals surface area contributed by atoms with Gasteiger partial charge in [0.05, 0.1) is 10.4 Å². The molecule has 0 saturated heterocycles. The predicted octanol–water partition coefficient (Wildman–Crippen LogP) is 1.78. The number of aromatic nitrogens is 2. The predicted molar refractivity (Wildman–Crippen MR) is 64.8 cm³/mol. The summed E-state index contributed by atoms with van der Waals surface area (Å²) < 4.78 is 9.29. The first-order valence-electron chi connectivity index (χ1n) is 5.60. The zero-order chi connectivity index (χ0) is 11.0. The highest BCUT2D eigenvalue weighted by molar-refractivity contribution is 7.17. The van der Waals surface area contributed by atoms with Gasteiger partial charge >= 0.3 is 0 Å². The Morgan fingerprint density at radius 3 is 3.50 bits per heavy atom. The quantitative estimate of drug-likeness (QED) is 0.865. The van der Waals surface area contributed by atoms with Gasteiger partial charge in [-0.05, 0) is 24.9 Å². The largest absolute Gasteiger partial charge is 0.370 e. The molecule has 86 valence electrons. The molecule has 1 atom stereocenters. The van der Waals surface area contributed by atoms with Crippen molar-refractivity contribution in [1.82, 2.24) is 15.1 Å². The maximum Gasteiger partial charge on any atom is 0.113 e. The van der Waals surface area contributed by atoms with Crippen LogP contribution in [0.2, 0.25) is 0 Å². The van der Waals surface area contributed by atoms with Gasteiger partial charge in [-0.2, -0.15) is 5.10 Å². The van der Waals surface area contributed by atoms with Crippen molar-refractivity contribution in [2.75, 3.05) is 20.2 Å². The molecule has 0 bridgehead atoms. The van der Waals surface area contributed by atoms with Crippen LogP contribution in [0, 0.1) is 0 Å². The molecule has 1 N–H and O–H groups in total. The smallest absolute Gasteiger partial charge is 0.113 e. The van der Waals surface area contributed by atoms with E-state index in [0.29, 0.717) is 0 Å². The van der Waals surface area contributed by atoms with Gasteiger partial charge in [0.15, 0.2) is 0 Å². The van der Waals surface area contributed by atoms with Crippen LogP contribution in [0.25, 0.3) is 10.2 Å². The van der Waals surface area contributed by atoms with Crippen LogP contribution < -0.4 is 5.32 Å². The third kappa shape index (κ3) is 1.55. The number of likely N-dealkylation sites (N-methyl/N-ethyl adjacent to an activating group) is 1. The van der Waals surface area contributed by atoms with E-state index in [-0.39, 0.29) is 6.10 Å². The van der Waals surface area contributed by atoms with E-state index >= 15 is 0 Å². The lowest BCUT2D eigenvalue weighted by Gasteiger charge is -2.15. The molecule has 1 aliphatic rings. The van der Waals surface area contributed by atoms with Crippen LogP contribution in [0.3, 0.4) is 0 Å². The van der Waals surface area contributed by atoms with Gasteiger partial charge in [0.1, 0.15) is 11.6 Å². The normalized spacial score (nSPS) is 20.9. The summed E-state index contributed by atoms with van der Waals surface area (Å²) in [7, 11) is 1.96. The molecule has 0 aromatic carbocycles. The van der Waals surface area contributed by atoms with Gasteiger partial charge in [0.25, 0.3) is 0 Å². The van der Waals surface area contributed by atoms with E-state index in [1.807, 2.05) is 7.05 Å². The number of fused-ring (bicyclic) bond motifs is 3. The highest BCUT2D eigenvalue weighted by Crippen LogP contribution is 2.32. The van der Waals surface area contributed by atoms with Gasteiger partial charge in [-0.25, -0.2) is 0 Å². The number of nitrogens with one attached hydrogen (secondary N) is 1. The Morgan fingerprint density at radius 1 is 1.69 bits per heavy atom. The minimum Gasteiger partial charge on any atom is -0.370 e. The van der Waals surface area contributed by atoms with Gasteiger partial charge in [-0.3, -0.25) is 4.68 Å². The van der Waals surface area contributed by atoms with Gasteiger partial charge < -0.3 is 10.1 Å². The maximum absolute atomic E-state index is 5.89. The van der Waals surface area contributed by atoms with E-state index in [0.717, 1.165) is 31.6 Å². The van der Waals surface area contributed by atoms with E-state index in [1.165, 1.54) is 10.4 Å². The first kappa shape index (κ1) is 10.3. The number of thiophene rings is 1. The molecule has 3 heterocycles. The molecule has 3 rings (SSSR count). The number of rotatable bonds is 2. The van der Waals surface area contributed by atoms with E-state index < -0.39 is 0 Å². The fourth-order valence-corrected chi connectivity index (χ4v) is 3.14. The topological polar surface area (TPSA) is 39.1 Å². The minimum absolute atomic E-state index is 0.135. The second-order valence-corrected chi connectivity index (χ2v) is 4.93. The van der Waals surface area contributed by atoms with E-state index in [2.05, 4.69) is 26.5 Å². The number of hydrogen-bond donors (Lipinski definition) is 1. The third-order valence-corrected chi connectivity index (χ3v) is 3.84. The third-order valence-electron chi connectivity index (χ3n) is 2.91. The monoisotopic (exact) mass is 237 g/mol. The average molecular weight is 237 g/mol. The molecule has 16 heavy (non-hydrogen) atoms. The summed E-state index contributed by atoms with van der Waals surface area (Å²) in [6.45, 7) is 2.64. The molecule has 0 aliphatic carbocycles. The average Bonchev–Trinajstić information content (AvgIpc) is 2.78. The second kappa shape index (κ2) is 4.16. The van der Waals surface area contributed by atoms with Gasteiger partial charge in [0.2, 0.25) is 0 Å². The Morgan fingerprint density at radius 2 is 2.62 bits per heavy atom. The van der Waals surface area contributed by atoms with Crippen LogP contribution in [0.1, 0.15) is 18.2 Å². The Bertz CT molecular complexity index is 490. The standard InChI is InChI=1S/C11H15N3OS/c1-12-7-9-10-11-8(3-6-16-11)13-14(10)4-2-5-15-9/h3,6,9,12H,2,4-5,7H2,1H3/t9-/m1/s1. The van der Waals surface area contributed by atoms with Crippen LogP contribution in [0.15, 0.2) is 11.4 Å². The molecule has 0 spiro atoms. The van der Waals surface area contributed by atoms with E-state index in [9.17, 15) is 0 Å². The van der Waals surface area contributed by atoms with Crippen molar-refractivity contribution in [2.45, 2.75) is 19.1 Å². The lowest BCUT2D eigenvalue weighted by Crippen LogP contribution is -2.20. The highest BCUT2D eigenvalue weighted by atomic mass is 32.1. The first-order valence-corrected chi connectivity index (χ1v) is 6.48. The molecular weight excluding hydrogens is 222 g/mol. The number of nitrogens with zero attached hydrogens (tertiary/aromatic N) is 2. The Hall–Kier alpha value is -0.910. The number of aryl methyl sites for hydroxylation is 1. The van der Waals surface area contributed by atoms with Crippen molar-refractivity contribution >= 4 is 21.6 Å². The summed E-state index contributed by atoms with van der Waals surface area (Å²) in [6.07, 6.45) is 1.18. The SMILES string of the molecule is CNC[C@H]1OCCCn2nc3ccsc3c21. The first-order chi connectivity index (χ1) is 7.90. The highest BCUT2D eigenvalue weighted by Gasteiger charge is 2.24. The Balaban J connectivity index is 2.11. The van der Waals surface area contributed by atoms with Crippen molar-refractivity contribution < 1.29 is 4.74 Å². The molecule has 2 aromatic rings. The Kier molecular flexibility index (Phi) is 2.67. The molecule has 0 radical (unpaired) electrons. The number of hydrogen-bond acceptors (Lipinski definition) is 4. The van der Waals surface area contributed by atoms with E-state index in [1.54, 1.807) is 11.3 Å². The molecule has 0 fully saturated rings. The summed E-state index contributed by atoms with van der Waals surface area (Å²) >= 11 is 1.76. The molecule has 4 nitrogen and oxygen atoms in total. The van der Waals surface area contributed by atoms with Crippen molar-refractivity contribution in [3.05, 3.63) is 17.1 Å². The fourth-order valence-electron chi connectivity index (χ4n) is 2.22. The lowest BCUT2D eigenvalue weighted by molar-refractivity contribution is 0.0582. The Labute approximate surface area is 98.2 Å². The van der Waals surface area contributed by atoms with Crippen molar-refractivity contribution in [3.8, 4) is 0 Å². The fraction of sp³-hybridized carbons (Fsp3) is 0.545. The molecule has 0 saturated carbocycles. The zero-order valence-corrected chi connectivity index (χ0v) is 10.1. The summed E-state index contributed by atoms with van der Waals surface area (Å²) in [6, 6.07) is 2.08. The molecule has 5 heteroatoms.